The number of benzene rings is 2. The van der Waals surface area contributed by atoms with Crippen LogP contribution in [0.1, 0.15) is 25.0 Å². The molecule has 7 heteroatoms. The summed E-state index contributed by atoms with van der Waals surface area (Å²) >= 11 is 0. The summed E-state index contributed by atoms with van der Waals surface area (Å²) in [6, 6.07) is 14.5. The molecule has 2 aromatic rings. The van der Waals surface area contributed by atoms with Crippen molar-refractivity contribution in [2.45, 2.75) is 25.9 Å². The number of hydrogen-bond donors (Lipinski definition) is 3. The van der Waals surface area contributed by atoms with Crippen LogP contribution in [0.4, 0.5) is 0 Å². The lowest BCUT2D eigenvalue weighted by molar-refractivity contribution is -0.126. The van der Waals surface area contributed by atoms with Crippen LogP contribution in [0, 0.1) is 0 Å². The highest BCUT2D eigenvalue weighted by molar-refractivity contribution is 5.87. The minimum atomic E-state index is -1.14. The topological polar surface area (TPSA) is 103 Å². The number of amides is 2. The van der Waals surface area contributed by atoms with Crippen LogP contribution in [0.25, 0.3) is 0 Å². The summed E-state index contributed by atoms with van der Waals surface area (Å²) in [6.45, 7) is 4.25. The molecule has 0 saturated carbocycles. The second kappa shape index (κ2) is 9.75. The van der Waals surface area contributed by atoms with E-state index in [2.05, 4.69) is 10.6 Å². The monoisotopic (exact) mass is 385 g/mol. The third-order valence-electron chi connectivity index (χ3n) is 4.26. The minimum absolute atomic E-state index is 0.0944. The van der Waals surface area contributed by atoms with Gasteiger partial charge < -0.3 is 25.8 Å². The van der Waals surface area contributed by atoms with Gasteiger partial charge in [0, 0.05) is 13.1 Å². The van der Waals surface area contributed by atoms with E-state index >= 15 is 0 Å². The smallest absolute Gasteiger partial charge is 0.257 e. The van der Waals surface area contributed by atoms with Crippen molar-refractivity contribution in [3.8, 4) is 11.5 Å². The van der Waals surface area contributed by atoms with Crippen molar-refractivity contribution >= 4 is 11.8 Å². The Balaban J connectivity index is 2.00. The van der Waals surface area contributed by atoms with E-state index < -0.39 is 5.54 Å². The van der Waals surface area contributed by atoms with Crippen LogP contribution in [-0.4, -0.2) is 32.1 Å². The van der Waals surface area contributed by atoms with Crippen molar-refractivity contribution in [2.24, 2.45) is 5.73 Å². The van der Waals surface area contributed by atoms with E-state index in [1.807, 2.05) is 37.3 Å². The molecule has 28 heavy (non-hydrogen) atoms. The first-order chi connectivity index (χ1) is 13.4. The SMILES string of the molecule is CCNC(=O)COc1ccc(CNC(=O)C(C)(N)c2ccccc2)cc1OC. The molecule has 0 fully saturated rings. The quantitative estimate of drug-likeness (QED) is 0.610. The van der Waals surface area contributed by atoms with Gasteiger partial charge in [0.05, 0.1) is 7.11 Å². The van der Waals surface area contributed by atoms with Crippen molar-refractivity contribution in [3.63, 3.8) is 0 Å². The lowest BCUT2D eigenvalue weighted by atomic mass is 9.92. The molecule has 0 aliphatic carbocycles. The van der Waals surface area contributed by atoms with E-state index in [0.29, 0.717) is 18.0 Å². The van der Waals surface area contributed by atoms with Crippen molar-refractivity contribution < 1.29 is 19.1 Å². The van der Waals surface area contributed by atoms with Gasteiger partial charge in [-0.05, 0) is 37.1 Å². The number of likely N-dealkylation sites (N-methyl/N-ethyl adjacent to an activating group) is 1. The van der Waals surface area contributed by atoms with Gasteiger partial charge in [0.1, 0.15) is 5.54 Å². The number of hydrogen-bond acceptors (Lipinski definition) is 5. The summed E-state index contributed by atoms with van der Waals surface area (Å²) in [5, 5.41) is 5.51. The Morgan fingerprint density at radius 3 is 2.43 bits per heavy atom. The van der Waals surface area contributed by atoms with Crippen molar-refractivity contribution in [1.82, 2.24) is 10.6 Å². The fraction of sp³-hybridized carbons (Fsp3) is 0.333. The first kappa shape index (κ1) is 21.2. The molecule has 0 saturated heterocycles. The second-order valence-electron chi connectivity index (χ2n) is 6.48. The Hall–Kier alpha value is -3.06. The Morgan fingerprint density at radius 1 is 1.07 bits per heavy atom. The summed E-state index contributed by atoms with van der Waals surface area (Å²) in [6.07, 6.45) is 0. The fourth-order valence-corrected chi connectivity index (χ4v) is 2.61. The van der Waals surface area contributed by atoms with Gasteiger partial charge in [-0.25, -0.2) is 0 Å². The van der Waals surface area contributed by atoms with Gasteiger partial charge in [-0.3, -0.25) is 9.59 Å². The lowest BCUT2D eigenvalue weighted by Crippen LogP contribution is -2.48. The number of methoxy groups -OCH3 is 1. The third-order valence-corrected chi connectivity index (χ3v) is 4.26. The van der Waals surface area contributed by atoms with Crippen LogP contribution in [0.3, 0.4) is 0 Å². The highest BCUT2D eigenvalue weighted by Gasteiger charge is 2.30. The van der Waals surface area contributed by atoms with Crippen LogP contribution < -0.4 is 25.8 Å². The third kappa shape index (κ3) is 5.47. The van der Waals surface area contributed by atoms with Crippen LogP contribution in [-0.2, 0) is 21.7 Å². The average molecular weight is 385 g/mol. The van der Waals surface area contributed by atoms with Gasteiger partial charge in [0.2, 0.25) is 5.91 Å². The summed E-state index contributed by atoms with van der Waals surface area (Å²) in [7, 11) is 1.52. The van der Waals surface area contributed by atoms with Crippen molar-refractivity contribution in [3.05, 3.63) is 59.7 Å². The lowest BCUT2D eigenvalue weighted by Gasteiger charge is -2.24. The van der Waals surface area contributed by atoms with Gasteiger partial charge >= 0.3 is 0 Å². The van der Waals surface area contributed by atoms with Crippen LogP contribution in [0.15, 0.2) is 48.5 Å². The molecule has 0 radical (unpaired) electrons. The number of rotatable bonds is 9. The Labute approximate surface area is 165 Å². The predicted octanol–water partition coefficient (Wildman–Crippen LogP) is 1.70. The zero-order chi connectivity index (χ0) is 20.6. The minimum Gasteiger partial charge on any atom is -0.493 e. The standard InChI is InChI=1S/C21H27N3O4/c1-4-23-19(25)14-28-17-11-10-15(12-18(17)27-3)13-24-20(26)21(2,22)16-8-6-5-7-9-16/h5-12H,4,13-14,22H2,1-3H3,(H,23,25)(H,24,26). The molecule has 4 N–H and O–H groups in total. The van der Waals surface area contributed by atoms with Gasteiger partial charge in [-0.1, -0.05) is 36.4 Å². The Bertz CT molecular complexity index is 807. The van der Waals surface area contributed by atoms with Gasteiger partial charge in [0.15, 0.2) is 18.1 Å². The van der Waals surface area contributed by atoms with E-state index in [9.17, 15) is 9.59 Å². The number of ether oxygens (including phenoxy) is 2. The number of carbonyl (C=O) groups excluding carboxylic acids is 2. The van der Waals surface area contributed by atoms with E-state index in [4.69, 9.17) is 15.2 Å². The fourth-order valence-electron chi connectivity index (χ4n) is 2.61. The molecule has 1 unspecified atom stereocenters. The molecule has 2 rings (SSSR count). The summed E-state index contributed by atoms with van der Waals surface area (Å²) < 4.78 is 10.8. The molecule has 150 valence electrons. The molecule has 0 bridgehead atoms. The molecule has 2 amide bonds. The Morgan fingerprint density at radius 2 is 1.79 bits per heavy atom. The van der Waals surface area contributed by atoms with Crippen LogP contribution in [0.2, 0.25) is 0 Å². The Kier molecular flexibility index (Phi) is 7.40. The van der Waals surface area contributed by atoms with Crippen molar-refractivity contribution in [1.29, 1.82) is 0 Å². The second-order valence-corrected chi connectivity index (χ2v) is 6.48. The zero-order valence-electron chi connectivity index (χ0n) is 16.5. The maximum absolute atomic E-state index is 12.6. The summed E-state index contributed by atoms with van der Waals surface area (Å²) in [4.78, 5) is 24.1. The molecular weight excluding hydrogens is 358 g/mol. The maximum Gasteiger partial charge on any atom is 0.257 e. The van der Waals surface area contributed by atoms with E-state index in [0.717, 1.165) is 11.1 Å². The van der Waals surface area contributed by atoms with Gasteiger partial charge in [-0.2, -0.15) is 0 Å². The molecule has 7 nitrogen and oxygen atoms in total. The first-order valence-corrected chi connectivity index (χ1v) is 9.07. The first-order valence-electron chi connectivity index (χ1n) is 9.07. The largest absolute Gasteiger partial charge is 0.493 e. The highest BCUT2D eigenvalue weighted by Crippen LogP contribution is 2.28. The van der Waals surface area contributed by atoms with Gasteiger partial charge in [0.25, 0.3) is 5.91 Å². The van der Waals surface area contributed by atoms with E-state index in [1.165, 1.54) is 7.11 Å². The molecular formula is C21H27N3O4. The van der Waals surface area contributed by atoms with Crippen LogP contribution in [0.5, 0.6) is 11.5 Å². The zero-order valence-corrected chi connectivity index (χ0v) is 16.5. The van der Waals surface area contributed by atoms with E-state index in [1.54, 1.807) is 25.1 Å². The normalized spacial score (nSPS) is 12.6. The molecule has 0 aliphatic heterocycles. The molecule has 2 aromatic carbocycles. The molecule has 0 heterocycles. The number of nitrogens with one attached hydrogen (secondary N) is 2. The maximum atomic E-state index is 12.6. The van der Waals surface area contributed by atoms with Crippen LogP contribution >= 0.6 is 0 Å². The van der Waals surface area contributed by atoms with Gasteiger partial charge in [-0.15, -0.1) is 0 Å². The van der Waals surface area contributed by atoms with E-state index in [-0.39, 0.29) is 25.0 Å². The molecule has 0 aromatic heterocycles. The molecule has 0 spiro atoms. The molecule has 0 aliphatic rings. The number of carbonyl (C=O) groups is 2. The predicted molar refractivity (Wildman–Crippen MR) is 107 cm³/mol. The molecule has 1 atom stereocenters. The number of nitrogens with two attached hydrogens (primary N) is 1. The highest BCUT2D eigenvalue weighted by atomic mass is 16.5. The van der Waals surface area contributed by atoms with Crippen molar-refractivity contribution in [2.75, 3.05) is 20.3 Å². The summed E-state index contributed by atoms with van der Waals surface area (Å²) in [5.41, 5.74) is 6.64. The average Bonchev–Trinajstić information content (AvgIpc) is 2.71. The summed E-state index contributed by atoms with van der Waals surface area (Å²) in [5.74, 6) is 0.449.